The lowest BCUT2D eigenvalue weighted by molar-refractivity contribution is 1.51. The van der Waals surface area contributed by atoms with E-state index >= 15 is 0 Å². The number of fused-ring (bicyclic) bond motifs is 2. The first-order chi connectivity index (χ1) is 8.69. The Morgan fingerprint density at radius 1 is 1.06 bits per heavy atom. The van der Waals surface area contributed by atoms with Crippen LogP contribution in [0.3, 0.4) is 0 Å². The van der Waals surface area contributed by atoms with E-state index in [4.69, 9.17) is 0 Å². The first-order valence-corrected chi connectivity index (χ1v) is 6.97. The van der Waals surface area contributed by atoms with Crippen LogP contribution in [0.25, 0.3) is 20.2 Å². The maximum absolute atomic E-state index is 12.5. The van der Waals surface area contributed by atoms with Gasteiger partial charge < -0.3 is 0 Å². The van der Waals surface area contributed by atoms with Gasteiger partial charge in [-0.2, -0.15) is 0 Å². The molecule has 0 aliphatic rings. The van der Waals surface area contributed by atoms with Crippen LogP contribution in [0.5, 0.6) is 0 Å². The Labute approximate surface area is 111 Å². The van der Waals surface area contributed by atoms with Crippen molar-refractivity contribution in [2.45, 2.75) is 6.92 Å². The zero-order valence-electron chi connectivity index (χ0n) is 10.5. The molecule has 0 amide bonds. The topological polar surface area (TPSA) is 17.1 Å². The van der Waals surface area contributed by atoms with Gasteiger partial charge in [-0.3, -0.25) is 4.79 Å². The molecule has 0 aliphatic carbocycles. The lowest BCUT2D eigenvalue weighted by atomic mass is 9.51. The molecule has 0 fully saturated rings. The van der Waals surface area contributed by atoms with Crippen LogP contribution in [-0.4, -0.2) is 14.9 Å². The summed E-state index contributed by atoms with van der Waals surface area (Å²) in [4.78, 5) is 12.5. The van der Waals surface area contributed by atoms with Gasteiger partial charge in [0.05, 0.1) is 7.74 Å². The number of rotatable bonds is 1. The van der Waals surface area contributed by atoms with Crippen molar-refractivity contribution in [2.75, 3.05) is 0 Å². The highest BCUT2D eigenvalue weighted by Crippen LogP contribution is 2.24. The van der Waals surface area contributed by atoms with E-state index in [1.807, 2.05) is 25.1 Å². The molecule has 1 aromatic heterocycles. The Bertz CT molecular complexity index is 808. The van der Waals surface area contributed by atoms with Gasteiger partial charge in [-0.15, -0.1) is 11.3 Å². The van der Waals surface area contributed by atoms with Crippen molar-refractivity contribution in [1.29, 1.82) is 0 Å². The molecule has 86 valence electrons. The number of aryl methyl sites for hydroxylation is 1. The summed E-state index contributed by atoms with van der Waals surface area (Å²) in [6, 6.07) is 12.3. The standard InChI is InChI=1S/C14H12B2OS/c1-8-2-4-12-10(6-8)14(17)11-7-9(16-15)3-5-13(11)18-12/h2-7,16H,15H2,1H3. The average Bonchev–Trinajstić information content (AvgIpc) is 2.40. The quantitative estimate of drug-likeness (QED) is 0.470. The molecule has 1 nitrogen and oxygen atoms in total. The Morgan fingerprint density at radius 2 is 1.72 bits per heavy atom. The van der Waals surface area contributed by atoms with E-state index in [2.05, 4.69) is 25.9 Å². The molecule has 0 saturated carbocycles. The minimum absolute atomic E-state index is 0.165. The van der Waals surface area contributed by atoms with E-state index in [0.717, 1.165) is 32.9 Å². The van der Waals surface area contributed by atoms with Gasteiger partial charge in [-0.1, -0.05) is 29.2 Å². The normalized spacial score (nSPS) is 10.9. The summed E-state index contributed by atoms with van der Waals surface area (Å²) >= 11 is 1.69. The molecule has 3 rings (SSSR count). The summed E-state index contributed by atoms with van der Waals surface area (Å²) in [6.07, 6.45) is 0. The Hall–Kier alpha value is -1.54. The zero-order chi connectivity index (χ0) is 12.7. The largest absolute Gasteiger partial charge is 0.289 e. The second kappa shape index (κ2) is 4.29. The van der Waals surface area contributed by atoms with Gasteiger partial charge in [-0.25, -0.2) is 0 Å². The molecule has 0 aliphatic heterocycles. The lowest BCUT2D eigenvalue weighted by Gasteiger charge is -2.03. The third kappa shape index (κ3) is 1.77. The summed E-state index contributed by atoms with van der Waals surface area (Å²) < 4.78 is 2.15. The monoisotopic (exact) mass is 250 g/mol. The molecule has 0 atom stereocenters. The Balaban J connectivity index is 2.49. The molecule has 2 aromatic carbocycles. The van der Waals surface area contributed by atoms with Crippen LogP contribution in [-0.2, 0) is 0 Å². The van der Waals surface area contributed by atoms with Gasteiger partial charge in [0.1, 0.15) is 7.17 Å². The number of benzene rings is 2. The fraction of sp³-hybridized carbons (Fsp3) is 0.0714. The van der Waals surface area contributed by atoms with E-state index in [1.54, 1.807) is 11.3 Å². The minimum Gasteiger partial charge on any atom is -0.289 e. The van der Waals surface area contributed by atoms with Crippen molar-refractivity contribution in [3.8, 4) is 0 Å². The fourth-order valence-corrected chi connectivity index (χ4v) is 3.27. The predicted octanol–water partition coefficient (Wildman–Crippen LogP) is 1.33. The van der Waals surface area contributed by atoms with E-state index in [1.165, 1.54) is 5.46 Å². The molecular formula is C14H12B2OS. The highest BCUT2D eigenvalue weighted by molar-refractivity contribution is 7.24. The maximum atomic E-state index is 12.5. The Kier molecular flexibility index (Phi) is 2.75. The molecule has 0 unspecified atom stereocenters. The average molecular weight is 250 g/mol. The molecule has 0 radical (unpaired) electrons. The van der Waals surface area contributed by atoms with Crippen molar-refractivity contribution < 1.29 is 0 Å². The second-order valence-electron chi connectivity index (χ2n) is 4.61. The van der Waals surface area contributed by atoms with E-state index in [0.29, 0.717) is 0 Å². The highest BCUT2D eigenvalue weighted by Gasteiger charge is 2.06. The molecule has 0 saturated heterocycles. The Morgan fingerprint density at radius 3 is 2.44 bits per heavy atom. The van der Waals surface area contributed by atoms with Crippen molar-refractivity contribution in [3.05, 3.63) is 52.2 Å². The van der Waals surface area contributed by atoms with Gasteiger partial charge in [0.15, 0.2) is 5.43 Å². The molecule has 0 N–H and O–H groups in total. The maximum Gasteiger partial charge on any atom is 0.195 e. The van der Waals surface area contributed by atoms with Gasteiger partial charge >= 0.3 is 0 Å². The van der Waals surface area contributed by atoms with Gasteiger partial charge in [0.2, 0.25) is 0 Å². The van der Waals surface area contributed by atoms with Crippen LogP contribution in [0.15, 0.2) is 41.2 Å². The van der Waals surface area contributed by atoms with Crippen LogP contribution in [0.2, 0.25) is 0 Å². The van der Waals surface area contributed by atoms with Crippen LogP contribution < -0.4 is 10.9 Å². The third-order valence-corrected chi connectivity index (χ3v) is 4.45. The third-order valence-electron chi connectivity index (χ3n) is 3.30. The smallest absolute Gasteiger partial charge is 0.195 e. The SMILES string of the molecule is BBc1ccc2sc3ccc(C)cc3c(=O)c2c1. The molecule has 4 heteroatoms. The molecule has 0 spiro atoms. The van der Waals surface area contributed by atoms with Gasteiger partial charge in [0, 0.05) is 20.2 Å². The molecule has 3 aromatic rings. The second-order valence-corrected chi connectivity index (χ2v) is 5.70. The van der Waals surface area contributed by atoms with Crippen molar-refractivity contribution in [1.82, 2.24) is 0 Å². The molecule has 1 heterocycles. The predicted molar refractivity (Wildman–Crippen MR) is 85.7 cm³/mol. The molecule has 18 heavy (non-hydrogen) atoms. The molecule has 0 bridgehead atoms. The summed E-state index contributed by atoms with van der Waals surface area (Å²) in [6.45, 7) is 2.02. The summed E-state index contributed by atoms with van der Waals surface area (Å²) in [5.41, 5.74) is 2.52. The van der Waals surface area contributed by atoms with E-state index < -0.39 is 0 Å². The number of hydrogen-bond acceptors (Lipinski definition) is 2. The van der Waals surface area contributed by atoms with E-state index in [-0.39, 0.29) is 5.43 Å². The van der Waals surface area contributed by atoms with Crippen LogP contribution in [0.1, 0.15) is 5.56 Å². The van der Waals surface area contributed by atoms with E-state index in [9.17, 15) is 4.79 Å². The first-order valence-electron chi connectivity index (χ1n) is 6.15. The molecular weight excluding hydrogens is 238 g/mol. The van der Waals surface area contributed by atoms with Gasteiger partial charge in [0.25, 0.3) is 0 Å². The van der Waals surface area contributed by atoms with Crippen LogP contribution >= 0.6 is 11.3 Å². The van der Waals surface area contributed by atoms with Crippen molar-refractivity contribution >= 4 is 51.9 Å². The van der Waals surface area contributed by atoms with Crippen molar-refractivity contribution in [3.63, 3.8) is 0 Å². The summed E-state index contributed by atoms with van der Waals surface area (Å²) in [7, 11) is 3.08. The minimum atomic E-state index is 0.165. The van der Waals surface area contributed by atoms with Crippen molar-refractivity contribution in [2.24, 2.45) is 0 Å². The highest BCUT2D eigenvalue weighted by atomic mass is 32.1. The zero-order valence-corrected chi connectivity index (χ0v) is 11.3. The van der Waals surface area contributed by atoms with Gasteiger partial charge in [-0.05, 0) is 25.1 Å². The summed E-state index contributed by atoms with van der Waals surface area (Å²) in [5.74, 6) is 0. The van der Waals surface area contributed by atoms with Crippen LogP contribution in [0, 0.1) is 6.92 Å². The fourth-order valence-electron chi connectivity index (χ4n) is 2.24. The number of hydrogen-bond donors (Lipinski definition) is 0. The lowest BCUT2D eigenvalue weighted by Crippen LogP contribution is -2.15. The first kappa shape index (κ1) is 11.5. The summed E-state index contributed by atoms with van der Waals surface area (Å²) in [5, 5.41) is 1.71. The van der Waals surface area contributed by atoms with Crippen LogP contribution in [0.4, 0.5) is 0 Å².